The molecule has 0 spiro atoms. The molecule has 3 aromatic carbocycles. The van der Waals surface area contributed by atoms with Gasteiger partial charge in [0.15, 0.2) is 0 Å². The van der Waals surface area contributed by atoms with Crippen LogP contribution in [0.5, 0.6) is 0 Å². The van der Waals surface area contributed by atoms with E-state index in [4.69, 9.17) is 11.6 Å². The number of hydrogen-bond acceptors (Lipinski definition) is 4. The number of carbonyl (C=O) groups is 1. The van der Waals surface area contributed by atoms with Crippen molar-refractivity contribution in [1.29, 1.82) is 0 Å². The monoisotopic (exact) mass is 457 g/mol. The Balaban J connectivity index is 1.55. The van der Waals surface area contributed by atoms with Crippen LogP contribution in [-0.2, 0) is 16.6 Å². The number of rotatable bonds is 10. The normalized spacial score (nSPS) is 11.1. The van der Waals surface area contributed by atoms with Gasteiger partial charge in [0, 0.05) is 30.9 Å². The number of carbonyl (C=O) groups excluding carboxylic acids is 1. The number of amides is 1. The molecule has 162 valence electrons. The summed E-state index contributed by atoms with van der Waals surface area (Å²) >= 11 is 6.11. The van der Waals surface area contributed by atoms with Crippen LogP contribution in [0.3, 0.4) is 0 Å². The van der Waals surface area contributed by atoms with Gasteiger partial charge in [0.05, 0.1) is 5.02 Å². The van der Waals surface area contributed by atoms with E-state index >= 15 is 0 Å². The van der Waals surface area contributed by atoms with Gasteiger partial charge in [0.1, 0.15) is 4.90 Å². The minimum atomic E-state index is -3.88. The van der Waals surface area contributed by atoms with E-state index in [1.807, 2.05) is 60.7 Å². The molecule has 0 fully saturated rings. The smallest absolute Gasteiger partial charge is 0.251 e. The van der Waals surface area contributed by atoms with Crippen molar-refractivity contribution in [2.75, 3.05) is 18.4 Å². The fraction of sp³-hybridized carbons (Fsp3) is 0.174. The van der Waals surface area contributed by atoms with Crippen molar-refractivity contribution in [1.82, 2.24) is 10.0 Å². The van der Waals surface area contributed by atoms with Crippen LogP contribution in [-0.4, -0.2) is 27.4 Å². The molecule has 0 saturated heterocycles. The summed E-state index contributed by atoms with van der Waals surface area (Å²) in [5, 5.41) is 6.13. The third-order valence-corrected chi connectivity index (χ3v) is 6.42. The Labute approximate surface area is 187 Å². The quantitative estimate of drug-likeness (QED) is 0.401. The molecule has 0 aliphatic carbocycles. The van der Waals surface area contributed by atoms with Gasteiger partial charge >= 0.3 is 0 Å². The molecule has 0 unspecified atom stereocenters. The van der Waals surface area contributed by atoms with Crippen molar-refractivity contribution in [3.05, 3.63) is 95.0 Å². The summed E-state index contributed by atoms with van der Waals surface area (Å²) in [5.74, 6) is -0.351. The van der Waals surface area contributed by atoms with Gasteiger partial charge in [-0.3, -0.25) is 4.79 Å². The highest BCUT2D eigenvalue weighted by Gasteiger charge is 2.20. The Morgan fingerprint density at radius 2 is 1.55 bits per heavy atom. The maximum absolute atomic E-state index is 12.7. The zero-order valence-corrected chi connectivity index (χ0v) is 18.4. The van der Waals surface area contributed by atoms with Gasteiger partial charge in [0.25, 0.3) is 5.91 Å². The number of halogens is 1. The lowest BCUT2D eigenvalue weighted by molar-refractivity contribution is 0.0953. The first-order valence-corrected chi connectivity index (χ1v) is 11.7. The summed E-state index contributed by atoms with van der Waals surface area (Å²) in [6.45, 7) is 1.29. The summed E-state index contributed by atoms with van der Waals surface area (Å²) in [5.41, 5.74) is 2.07. The van der Waals surface area contributed by atoms with Gasteiger partial charge in [-0.05, 0) is 42.3 Å². The minimum absolute atomic E-state index is 0.0594. The highest BCUT2D eigenvalue weighted by molar-refractivity contribution is 7.89. The van der Waals surface area contributed by atoms with Gasteiger partial charge in [-0.25, -0.2) is 13.1 Å². The zero-order chi connectivity index (χ0) is 22.1. The van der Waals surface area contributed by atoms with Crippen molar-refractivity contribution in [3.8, 4) is 0 Å². The second-order valence-electron chi connectivity index (χ2n) is 6.86. The molecule has 31 heavy (non-hydrogen) atoms. The number of anilines is 1. The lowest BCUT2D eigenvalue weighted by Crippen LogP contribution is -2.27. The molecule has 0 heterocycles. The van der Waals surface area contributed by atoms with Crippen molar-refractivity contribution >= 4 is 33.2 Å². The van der Waals surface area contributed by atoms with E-state index in [1.54, 1.807) is 0 Å². The van der Waals surface area contributed by atoms with E-state index in [9.17, 15) is 13.2 Å². The Morgan fingerprint density at radius 3 is 2.26 bits per heavy atom. The summed E-state index contributed by atoms with van der Waals surface area (Å²) in [7, 11) is -3.88. The molecule has 0 atom stereocenters. The van der Waals surface area contributed by atoms with Gasteiger partial charge in [0.2, 0.25) is 10.0 Å². The Bertz CT molecular complexity index is 1110. The molecule has 0 aliphatic heterocycles. The van der Waals surface area contributed by atoms with E-state index in [0.717, 1.165) is 17.7 Å². The standard InChI is InChI=1S/C23H24ClN3O3S/c24-21-13-12-19(23(28)26-15-7-14-25-20-10-5-2-6-11-20)16-22(21)31(29,30)27-17-18-8-3-1-4-9-18/h1-6,8-13,16,25,27H,7,14-15,17H2,(H,26,28). The predicted molar refractivity (Wildman–Crippen MR) is 124 cm³/mol. The summed E-state index contributed by atoms with van der Waals surface area (Å²) in [6, 6.07) is 23.2. The van der Waals surface area contributed by atoms with Gasteiger partial charge < -0.3 is 10.6 Å². The SMILES string of the molecule is O=C(NCCCNc1ccccc1)c1ccc(Cl)c(S(=O)(=O)NCc2ccccc2)c1. The second-order valence-corrected chi connectivity index (χ2v) is 9.00. The van der Waals surface area contributed by atoms with Crippen molar-refractivity contribution in [2.24, 2.45) is 0 Å². The van der Waals surface area contributed by atoms with E-state index in [1.165, 1.54) is 18.2 Å². The lowest BCUT2D eigenvalue weighted by Gasteiger charge is -2.11. The fourth-order valence-electron chi connectivity index (χ4n) is 2.88. The van der Waals surface area contributed by atoms with Crippen LogP contribution >= 0.6 is 11.6 Å². The average Bonchev–Trinajstić information content (AvgIpc) is 2.79. The molecule has 3 N–H and O–H groups in total. The molecule has 0 aliphatic rings. The van der Waals surface area contributed by atoms with Gasteiger partial charge in [-0.2, -0.15) is 0 Å². The molecule has 6 nitrogen and oxygen atoms in total. The van der Waals surface area contributed by atoms with Crippen LogP contribution in [0.2, 0.25) is 5.02 Å². The predicted octanol–water partition coefficient (Wildman–Crippen LogP) is 4.05. The number of sulfonamides is 1. The van der Waals surface area contributed by atoms with Crippen LogP contribution in [0.4, 0.5) is 5.69 Å². The van der Waals surface area contributed by atoms with E-state index < -0.39 is 10.0 Å². The third kappa shape index (κ3) is 6.82. The lowest BCUT2D eigenvalue weighted by atomic mass is 10.2. The first-order valence-electron chi connectivity index (χ1n) is 9.86. The molecule has 0 aromatic heterocycles. The zero-order valence-electron chi connectivity index (χ0n) is 16.8. The van der Waals surface area contributed by atoms with Crippen molar-refractivity contribution in [2.45, 2.75) is 17.9 Å². The molecular formula is C23H24ClN3O3S. The van der Waals surface area contributed by atoms with Crippen LogP contribution in [0.1, 0.15) is 22.3 Å². The van der Waals surface area contributed by atoms with Crippen molar-refractivity contribution in [3.63, 3.8) is 0 Å². The second kappa shape index (κ2) is 10.9. The number of nitrogens with one attached hydrogen (secondary N) is 3. The summed E-state index contributed by atoms with van der Waals surface area (Å²) in [4.78, 5) is 12.3. The van der Waals surface area contributed by atoms with E-state index in [2.05, 4.69) is 15.4 Å². The molecular weight excluding hydrogens is 434 g/mol. The molecule has 3 rings (SSSR count). The maximum Gasteiger partial charge on any atom is 0.251 e. The van der Waals surface area contributed by atoms with Crippen LogP contribution in [0.25, 0.3) is 0 Å². The Kier molecular flexibility index (Phi) is 8.06. The van der Waals surface area contributed by atoms with Crippen LogP contribution in [0.15, 0.2) is 83.8 Å². The molecule has 1 amide bonds. The highest BCUT2D eigenvalue weighted by Crippen LogP contribution is 2.23. The number of para-hydroxylation sites is 1. The molecule has 3 aromatic rings. The molecule has 0 radical (unpaired) electrons. The summed E-state index contributed by atoms with van der Waals surface area (Å²) in [6.07, 6.45) is 0.720. The van der Waals surface area contributed by atoms with Crippen LogP contribution in [0, 0.1) is 0 Å². The first-order chi connectivity index (χ1) is 15.0. The number of hydrogen-bond donors (Lipinski definition) is 3. The number of benzene rings is 3. The molecule has 0 bridgehead atoms. The maximum atomic E-state index is 12.7. The van der Waals surface area contributed by atoms with E-state index in [0.29, 0.717) is 13.1 Å². The van der Waals surface area contributed by atoms with Crippen molar-refractivity contribution < 1.29 is 13.2 Å². The Morgan fingerprint density at radius 1 is 0.871 bits per heavy atom. The topological polar surface area (TPSA) is 87.3 Å². The largest absolute Gasteiger partial charge is 0.385 e. The average molecular weight is 458 g/mol. The summed E-state index contributed by atoms with van der Waals surface area (Å²) < 4.78 is 27.9. The van der Waals surface area contributed by atoms with Gasteiger partial charge in [-0.1, -0.05) is 60.1 Å². The minimum Gasteiger partial charge on any atom is -0.385 e. The van der Waals surface area contributed by atoms with Crippen LogP contribution < -0.4 is 15.4 Å². The highest BCUT2D eigenvalue weighted by atomic mass is 35.5. The molecule has 8 heteroatoms. The molecule has 0 saturated carbocycles. The first kappa shape index (κ1) is 22.8. The third-order valence-electron chi connectivity index (χ3n) is 4.53. The van der Waals surface area contributed by atoms with Gasteiger partial charge in [-0.15, -0.1) is 0 Å². The fourth-order valence-corrected chi connectivity index (χ4v) is 4.42. The Hall–Kier alpha value is -2.87. The van der Waals surface area contributed by atoms with E-state index in [-0.39, 0.29) is 27.9 Å².